The molecule has 0 unspecified atom stereocenters. The molecule has 5 nitrogen and oxygen atoms in total. The van der Waals surface area contributed by atoms with Gasteiger partial charge in [-0.15, -0.1) is 0 Å². The average molecular weight is 227 g/mol. The summed E-state index contributed by atoms with van der Waals surface area (Å²) in [5.41, 5.74) is 0. The first-order valence-corrected chi connectivity index (χ1v) is 5.93. The van der Waals surface area contributed by atoms with Crippen molar-refractivity contribution in [3.8, 4) is 0 Å². The lowest BCUT2D eigenvalue weighted by Crippen LogP contribution is -2.34. The number of carbonyl (C=O) groups excluding carboxylic acids is 2. The van der Waals surface area contributed by atoms with Crippen molar-refractivity contribution < 1.29 is 9.59 Å². The molecular formula is C11H21N3O2. The van der Waals surface area contributed by atoms with E-state index in [2.05, 4.69) is 10.6 Å². The first kappa shape index (κ1) is 13.0. The fourth-order valence-corrected chi connectivity index (χ4v) is 1.77. The lowest BCUT2D eigenvalue weighted by atomic mass is 10.3. The van der Waals surface area contributed by atoms with E-state index in [0.717, 1.165) is 25.9 Å². The van der Waals surface area contributed by atoms with Crippen LogP contribution in [0.15, 0.2) is 0 Å². The van der Waals surface area contributed by atoms with Crippen LogP contribution in [0.3, 0.4) is 0 Å². The van der Waals surface area contributed by atoms with Crippen molar-refractivity contribution in [1.82, 2.24) is 15.5 Å². The molecule has 1 aliphatic rings. The third-order valence-electron chi connectivity index (χ3n) is 2.65. The van der Waals surface area contributed by atoms with Crippen molar-refractivity contribution in [2.45, 2.75) is 26.2 Å². The first-order valence-electron chi connectivity index (χ1n) is 5.93. The van der Waals surface area contributed by atoms with Crippen LogP contribution in [0.1, 0.15) is 26.2 Å². The van der Waals surface area contributed by atoms with E-state index in [4.69, 9.17) is 0 Å². The Morgan fingerprint density at radius 3 is 2.44 bits per heavy atom. The van der Waals surface area contributed by atoms with Crippen LogP contribution >= 0.6 is 0 Å². The van der Waals surface area contributed by atoms with Gasteiger partial charge in [0.2, 0.25) is 11.8 Å². The molecule has 0 bridgehead atoms. The van der Waals surface area contributed by atoms with E-state index in [-0.39, 0.29) is 11.8 Å². The third-order valence-corrected chi connectivity index (χ3v) is 2.65. The Hall–Kier alpha value is -1.10. The van der Waals surface area contributed by atoms with Gasteiger partial charge in [-0.1, -0.05) is 0 Å². The van der Waals surface area contributed by atoms with E-state index in [1.165, 1.54) is 6.92 Å². The Balaban J connectivity index is 1.94. The molecule has 5 heteroatoms. The Kier molecular flexibility index (Phi) is 5.85. The van der Waals surface area contributed by atoms with Crippen LogP contribution in [0.2, 0.25) is 0 Å². The van der Waals surface area contributed by atoms with Crippen molar-refractivity contribution in [1.29, 1.82) is 0 Å². The molecule has 0 spiro atoms. The highest BCUT2D eigenvalue weighted by Gasteiger charge is 2.16. The second kappa shape index (κ2) is 7.22. The molecule has 2 amide bonds. The van der Waals surface area contributed by atoms with E-state index in [0.29, 0.717) is 26.1 Å². The molecule has 1 rings (SSSR count). The van der Waals surface area contributed by atoms with Crippen LogP contribution < -0.4 is 10.6 Å². The van der Waals surface area contributed by atoms with E-state index in [1.54, 1.807) is 0 Å². The lowest BCUT2D eigenvalue weighted by Gasteiger charge is -2.15. The summed E-state index contributed by atoms with van der Waals surface area (Å²) < 4.78 is 0. The SMILES string of the molecule is CC(=O)NCCNCCC(=O)N1CCCC1. The molecule has 1 fully saturated rings. The Bertz CT molecular complexity index is 237. The Morgan fingerprint density at radius 2 is 1.81 bits per heavy atom. The fourth-order valence-electron chi connectivity index (χ4n) is 1.77. The van der Waals surface area contributed by atoms with E-state index < -0.39 is 0 Å². The van der Waals surface area contributed by atoms with Crippen LogP contribution in [0.25, 0.3) is 0 Å². The van der Waals surface area contributed by atoms with Crippen LogP contribution in [0, 0.1) is 0 Å². The first-order chi connectivity index (χ1) is 7.70. The monoisotopic (exact) mass is 227 g/mol. The second-order valence-corrected chi connectivity index (χ2v) is 4.07. The zero-order valence-electron chi connectivity index (χ0n) is 9.92. The highest BCUT2D eigenvalue weighted by Crippen LogP contribution is 2.08. The molecule has 0 radical (unpaired) electrons. The summed E-state index contributed by atoms with van der Waals surface area (Å²) in [5, 5.41) is 5.82. The molecule has 1 saturated heterocycles. The highest BCUT2D eigenvalue weighted by atomic mass is 16.2. The predicted molar refractivity (Wildman–Crippen MR) is 62.0 cm³/mol. The number of amides is 2. The predicted octanol–water partition coefficient (Wildman–Crippen LogP) is -0.275. The van der Waals surface area contributed by atoms with E-state index in [9.17, 15) is 9.59 Å². The molecule has 0 aromatic heterocycles. The van der Waals surface area contributed by atoms with Gasteiger partial charge in [-0.3, -0.25) is 9.59 Å². The van der Waals surface area contributed by atoms with Gasteiger partial charge in [0.25, 0.3) is 0 Å². The highest BCUT2D eigenvalue weighted by molar-refractivity contribution is 5.76. The van der Waals surface area contributed by atoms with Crippen molar-refractivity contribution in [3.05, 3.63) is 0 Å². The standard InChI is InChI=1S/C11H21N3O2/c1-10(15)13-7-6-12-5-4-11(16)14-8-2-3-9-14/h12H,2-9H2,1H3,(H,13,15). The number of nitrogens with one attached hydrogen (secondary N) is 2. The van der Waals surface area contributed by atoms with Crippen molar-refractivity contribution in [2.75, 3.05) is 32.7 Å². The lowest BCUT2D eigenvalue weighted by molar-refractivity contribution is -0.130. The average Bonchev–Trinajstić information content (AvgIpc) is 2.75. The third kappa shape index (κ3) is 5.11. The molecule has 0 aliphatic carbocycles. The molecular weight excluding hydrogens is 206 g/mol. The van der Waals surface area contributed by atoms with Gasteiger partial charge in [0.15, 0.2) is 0 Å². The topological polar surface area (TPSA) is 61.4 Å². The van der Waals surface area contributed by atoms with Crippen molar-refractivity contribution in [3.63, 3.8) is 0 Å². The second-order valence-electron chi connectivity index (χ2n) is 4.07. The molecule has 1 aliphatic heterocycles. The summed E-state index contributed by atoms with van der Waals surface area (Å²) in [6.45, 7) is 5.36. The maximum absolute atomic E-state index is 11.6. The summed E-state index contributed by atoms with van der Waals surface area (Å²) in [6, 6.07) is 0. The van der Waals surface area contributed by atoms with Gasteiger partial charge >= 0.3 is 0 Å². The summed E-state index contributed by atoms with van der Waals surface area (Å²) in [4.78, 5) is 24.1. The fraction of sp³-hybridized carbons (Fsp3) is 0.818. The van der Waals surface area contributed by atoms with E-state index in [1.807, 2.05) is 4.90 Å². The van der Waals surface area contributed by atoms with Crippen molar-refractivity contribution in [2.24, 2.45) is 0 Å². The molecule has 92 valence electrons. The Labute approximate surface area is 96.6 Å². The molecule has 0 saturated carbocycles. The zero-order valence-corrected chi connectivity index (χ0v) is 9.92. The largest absolute Gasteiger partial charge is 0.355 e. The van der Waals surface area contributed by atoms with Crippen molar-refractivity contribution >= 4 is 11.8 Å². The van der Waals surface area contributed by atoms with Crippen LogP contribution in [-0.2, 0) is 9.59 Å². The minimum Gasteiger partial charge on any atom is -0.355 e. The molecule has 16 heavy (non-hydrogen) atoms. The van der Waals surface area contributed by atoms with Gasteiger partial charge in [0.05, 0.1) is 0 Å². The van der Waals surface area contributed by atoms with Crippen LogP contribution in [-0.4, -0.2) is 49.4 Å². The minimum atomic E-state index is -0.0186. The van der Waals surface area contributed by atoms with Crippen LogP contribution in [0.5, 0.6) is 0 Å². The molecule has 0 aromatic carbocycles. The number of hydrogen-bond acceptors (Lipinski definition) is 3. The zero-order chi connectivity index (χ0) is 11.8. The molecule has 1 heterocycles. The molecule has 2 N–H and O–H groups in total. The maximum Gasteiger partial charge on any atom is 0.223 e. The van der Waals surface area contributed by atoms with Gasteiger partial charge in [-0.25, -0.2) is 0 Å². The Morgan fingerprint density at radius 1 is 1.12 bits per heavy atom. The number of likely N-dealkylation sites (tertiary alicyclic amines) is 1. The number of rotatable bonds is 6. The summed E-state index contributed by atoms with van der Waals surface area (Å²) in [6.07, 6.45) is 2.84. The van der Waals surface area contributed by atoms with Gasteiger partial charge in [-0.2, -0.15) is 0 Å². The normalized spacial score (nSPS) is 15.2. The minimum absolute atomic E-state index is 0.0186. The maximum atomic E-state index is 11.6. The number of nitrogens with zero attached hydrogens (tertiary/aromatic N) is 1. The molecule has 0 aromatic rings. The summed E-state index contributed by atoms with van der Waals surface area (Å²) in [5.74, 6) is 0.222. The number of hydrogen-bond donors (Lipinski definition) is 2. The smallest absolute Gasteiger partial charge is 0.223 e. The summed E-state index contributed by atoms with van der Waals surface area (Å²) in [7, 11) is 0. The van der Waals surface area contributed by atoms with Gasteiger partial charge in [0.1, 0.15) is 0 Å². The van der Waals surface area contributed by atoms with Gasteiger partial charge < -0.3 is 15.5 Å². The quantitative estimate of drug-likeness (QED) is 0.614. The van der Waals surface area contributed by atoms with Gasteiger partial charge in [-0.05, 0) is 12.8 Å². The number of carbonyl (C=O) groups is 2. The van der Waals surface area contributed by atoms with Gasteiger partial charge in [0, 0.05) is 46.1 Å². The van der Waals surface area contributed by atoms with E-state index >= 15 is 0 Å². The van der Waals surface area contributed by atoms with Crippen LogP contribution in [0.4, 0.5) is 0 Å². The summed E-state index contributed by atoms with van der Waals surface area (Å²) >= 11 is 0. The molecule has 0 atom stereocenters.